The van der Waals surface area contributed by atoms with Gasteiger partial charge in [0.1, 0.15) is 0 Å². The van der Waals surface area contributed by atoms with Gasteiger partial charge >= 0.3 is 0 Å². The predicted octanol–water partition coefficient (Wildman–Crippen LogP) is 2.88. The van der Waals surface area contributed by atoms with Crippen molar-refractivity contribution in [3.8, 4) is 0 Å². The fraction of sp³-hybridized carbons (Fsp3) is 0.0714. The van der Waals surface area contributed by atoms with E-state index in [4.69, 9.17) is 23.2 Å². The lowest BCUT2D eigenvalue weighted by molar-refractivity contribution is -0.306. The Hall–Kier alpha value is -1.51. The minimum atomic E-state index is -1.19. The molecule has 4 heteroatoms. The summed E-state index contributed by atoms with van der Waals surface area (Å²) in [6.45, 7) is 0. The minimum Gasteiger partial charge on any atom is -0.549 e. The molecule has 0 bridgehead atoms. The zero-order valence-electron chi connectivity index (χ0n) is 9.27. The number of hydrogen-bond donors (Lipinski definition) is 0. The van der Waals surface area contributed by atoms with Crippen LogP contribution in [0.1, 0.15) is 17.0 Å². The molecular formula is C14H9Cl2O2-. The zero-order valence-corrected chi connectivity index (χ0v) is 10.8. The molecule has 0 aliphatic rings. The van der Waals surface area contributed by atoms with Crippen molar-refractivity contribution in [3.05, 3.63) is 69.7 Å². The summed E-state index contributed by atoms with van der Waals surface area (Å²) in [5.74, 6) is -2.08. The Morgan fingerprint density at radius 2 is 1.61 bits per heavy atom. The van der Waals surface area contributed by atoms with Crippen LogP contribution in [-0.2, 0) is 4.79 Å². The molecule has 0 spiro atoms. The van der Waals surface area contributed by atoms with Crippen molar-refractivity contribution < 1.29 is 9.90 Å². The van der Waals surface area contributed by atoms with Gasteiger partial charge in [-0.1, -0.05) is 53.5 Å². The lowest BCUT2D eigenvalue weighted by atomic mass is 9.91. The molecule has 0 saturated heterocycles. The monoisotopic (exact) mass is 279 g/mol. The Morgan fingerprint density at radius 1 is 1.00 bits per heavy atom. The molecule has 0 N–H and O–H groups in total. The number of carbonyl (C=O) groups excluding carboxylic acids is 1. The van der Waals surface area contributed by atoms with Crippen LogP contribution in [0.5, 0.6) is 0 Å². The molecule has 92 valence electrons. The van der Waals surface area contributed by atoms with Crippen LogP contribution < -0.4 is 5.11 Å². The highest BCUT2D eigenvalue weighted by atomic mass is 35.5. The Kier molecular flexibility index (Phi) is 3.90. The van der Waals surface area contributed by atoms with Gasteiger partial charge in [-0.15, -0.1) is 0 Å². The third-order valence-electron chi connectivity index (χ3n) is 2.66. The molecule has 18 heavy (non-hydrogen) atoms. The number of hydrogen-bond acceptors (Lipinski definition) is 2. The molecule has 2 nitrogen and oxygen atoms in total. The Labute approximate surface area is 115 Å². The fourth-order valence-electron chi connectivity index (χ4n) is 1.81. The van der Waals surface area contributed by atoms with E-state index in [2.05, 4.69) is 0 Å². The molecule has 0 amide bonds. The summed E-state index contributed by atoms with van der Waals surface area (Å²) < 4.78 is 0. The molecule has 2 aromatic carbocycles. The normalized spacial score (nSPS) is 12.1. The minimum absolute atomic E-state index is 0.404. The average molecular weight is 280 g/mol. The van der Waals surface area contributed by atoms with Gasteiger partial charge < -0.3 is 9.90 Å². The van der Waals surface area contributed by atoms with Gasteiger partial charge in [-0.25, -0.2) is 0 Å². The van der Waals surface area contributed by atoms with E-state index < -0.39 is 11.9 Å². The third kappa shape index (κ3) is 2.66. The number of aliphatic carboxylic acids is 1. The Morgan fingerprint density at radius 3 is 2.17 bits per heavy atom. The Bertz CT molecular complexity index is 564. The van der Waals surface area contributed by atoms with E-state index in [9.17, 15) is 9.90 Å². The van der Waals surface area contributed by atoms with Crippen molar-refractivity contribution >= 4 is 29.2 Å². The Balaban J connectivity index is 2.50. The average Bonchev–Trinajstić information content (AvgIpc) is 2.34. The van der Waals surface area contributed by atoms with Crippen LogP contribution in [0.4, 0.5) is 0 Å². The van der Waals surface area contributed by atoms with Crippen molar-refractivity contribution in [2.45, 2.75) is 5.92 Å². The summed E-state index contributed by atoms with van der Waals surface area (Å²) in [4.78, 5) is 11.3. The molecule has 0 aliphatic heterocycles. The van der Waals surface area contributed by atoms with Gasteiger partial charge in [-0.3, -0.25) is 0 Å². The summed E-state index contributed by atoms with van der Waals surface area (Å²) >= 11 is 11.8. The smallest absolute Gasteiger partial charge is 0.0534 e. The lowest BCUT2D eigenvalue weighted by Crippen LogP contribution is -2.30. The number of rotatable bonds is 3. The van der Waals surface area contributed by atoms with E-state index in [1.54, 1.807) is 48.5 Å². The molecule has 0 heterocycles. The second-order valence-electron chi connectivity index (χ2n) is 3.83. The standard InChI is InChI=1S/C14H10Cl2O2/c15-10-7-5-9(6-8-10)13(14(17)18)11-3-1-2-4-12(11)16/h1-8,13H,(H,17,18)/p-1/t13-/m1/s1. The number of halogens is 2. The first-order chi connectivity index (χ1) is 8.59. The maximum atomic E-state index is 11.3. The van der Waals surface area contributed by atoms with E-state index >= 15 is 0 Å². The zero-order chi connectivity index (χ0) is 13.1. The summed E-state index contributed by atoms with van der Waals surface area (Å²) in [7, 11) is 0. The van der Waals surface area contributed by atoms with E-state index in [0.717, 1.165) is 0 Å². The van der Waals surface area contributed by atoms with Gasteiger partial charge in [-0.2, -0.15) is 0 Å². The van der Waals surface area contributed by atoms with Gasteiger partial charge in [0.05, 0.1) is 11.9 Å². The summed E-state index contributed by atoms with van der Waals surface area (Å²) in [6.07, 6.45) is 0. The second kappa shape index (κ2) is 5.42. The summed E-state index contributed by atoms with van der Waals surface area (Å²) in [6, 6.07) is 13.4. The highest BCUT2D eigenvalue weighted by Gasteiger charge is 2.17. The van der Waals surface area contributed by atoms with Crippen molar-refractivity contribution in [2.24, 2.45) is 0 Å². The van der Waals surface area contributed by atoms with Crippen molar-refractivity contribution in [1.82, 2.24) is 0 Å². The highest BCUT2D eigenvalue weighted by molar-refractivity contribution is 6.31. The third-order valence-corrected chi connectivity index (χ3v) is 3.25. The van der Waals surface area contributed by atoms with Crippen LogP contribution in [0, 0.1) is 0 Å². The van der Waals surface area contributed by atoms with Crippen LogP contribution in [0.25, 0.3) is 0 Å². The van der Waals surface area contributed by atoms with Crippen molar-refractivity contribution in [3.63, 3.8) is 0 Å². The first-order valence-electron chi connectivity index (χ1n) is 5.30. The van der Waals surface area contributed by atoms with E-state index in [1.807, 2.05) is 0 Å². The van der Waals surface area contributed by atoms with Crippen molar-refractivity contribution in [1.29, 1.82) is 0 Å². The number of carboxylic acids is 1. The molecule has 2 aromatic rings. The molecule has 0 saturated carbocycles. The maximum absolute atomic E-state index is 11.3. The first-order valence-corrected chi connectivity index (χ1v) is 6.06. The van der Waals surface area contributed by atoms with Gasteiger partial charge in [0, 0.05) is 10.0 Å². The predicted molar refractivity (Wildman–Crippen MR) is 69.8 cm³/mol. The van der Waals surface area contributed by atoms with E-state index in [-0.39, 0.29) is 0 Å². The van der Waals surface area contributed by atoms with Crippen LogP contribution in [-0.4, -0.2) is 5.97 Å². The van der Waals surface area contributed by atoms with Gasteiger partial charge in [-0.05, 0) is 29.3 Å². The van der Waals surface area contributed by atoms with Crippen LogP contribution in [0.3, 0.4) is 0 Å². The van der Waals surface area contributed by atoms with Crippen LogP contribution in [0.15, 0.2) is 48.5 Å². The molecule has 1 atom stereocenters. The lowest BCUT2D eigenvalue weighted by Gasteiger charge is -2.20. The molecule has 0 aliphatic carbocycles. The highest BCUT2D eigenvalue weighted by Crippen LogP contribution is 2.30. The second-order valence-corrected chi connectivity index (χ2v) is 4.67. The summed E-state index contributed by atoms with van der Waals surface area (Å²) in [5, 5.41) is 12.3. The number of carboxylic acid groups (broad SMARTS) is 1. The van der Waals surface area contributed by atoms with Crippen LogP contribution >= 0.6 is 23.2 Å². The molecular weight excluding hydrogens is 271 g/mol. The van der Waals surface area contributed by atoms with Crippen LogP contribution in [0.2, 0.25) is 10.0 Å². The molecule has 0 fully saturated rings. The van der Waals surface area contributed by atoms with E-state index in [1.165, 1.54) is 0 Å². The number of benzene rings is 2. The van der Waals surface area contributed by atoms with E-state index in [0.29, 0.717) is 21.2 Å². The van der Waals surface area contributed by atoms with Crippen molar-refractivity contribution in [2.75, 3.05) is 0 Å². The largest absolute Gasteiger partial charge is 0.549 e. The first kappa shape index (κ1) is 12.9. The quantitative estimate of drug-likeness (QED) is 0.867. The SMILES string of the molecule is O=C([O-])[C@H](c1ccc(Cl)cc1)c1ccccc1Cl. The molecule has 0 aromatic heterocycles. The topological polar surface area (TPSA) is 40.1 Å². The van der Waals surface area contributed by atoms with Gasteiger partial charge in [0.15, 0.2) is 0 Å². The molecule has 2 rings (SSSR count). The van der Waals surface area contributed by atoms with Gasteiger partial charge in [0.25, 0.3) is 0 Å². The van der Waals surface area contributed by atoms with Gasteiger partial charge in [0.2, 0.25) is 0 Å². The number of carbonyl (C=O) groups is 1. The maximum Gasteiger partial charge on any atom is 0.0534 e. The molecule has 0 radical (unpaired) electrons. The molecule has 0 unspecified atom stereocenters. The fourth-order valence-corrected chi connectivity index (χ4v) is 2.18. The summed E-state index contributed by atoms with van der Waals surface area (Å²) in [5.41, 5.74) is 1.11.